The van der Waals surface area contributed by atoms with Crippen molar-refractivity contribution >= 4 is 28.3 Å². The van der Waals surface area contributed by atoms with Crippen molar-refractivity contribution in [3.05, 3.63) is 0 Å². The molecule has 3 heteroatoms. The Bertz CT molecular complexity index is 72.8. The molecule has 0 N–H and O–H groups in total. The molecule has 0 saturated heterocycles. The van der Waals surface area contributed by atoms with Crippen LogP contribution < -0.4 is 0 Å². The van der Waals surface area contributed by atoms with Crippen molar-refractivity contribution < 1.29 is 9.53 Å². The van der Waals surface area contributed by atoms with Crippen LogP contribution in [0.5, 0.6) is 0 Å². The molecule has 0 aliphatic heterocycles. The molecule has 0 spiro atoms. The molecule has 2 nitrogen and oxygen atoms in total. The Labute approximate surface area is 62.5 Å². The van der Waals surface area contributed by atoms with Gasteiger partial charge in [0.2, 0.25) is 0 Å². The van der Waals surface area contributed by atoms with Gasteiger partial charge in [0.25, 0.3) is 0 Å². The second-order valence-corrected chi connectivity index (χ2v) is 2.57. The van der Waals surface area contributed by atoms with Gasteiger partial charge in [-0.15, -0.1) is 0 Å². The summed E-state index contributed by atoms with van der Waals surface area (Å²) in [6.07, 6.45) is 0.492. The number of carbonyl (C=O) groups is 1. The minimum absolute atomic E-state index is 0.0968. The second-order valence-electron chi connectivity index (χ2n) is 1.30. The summed E-state index contributed by atoms with van der Waals surface area (Å²) >= 11 is 1.67. The fourth-order valence-corrected chi connectivity index (χ4v) is 0.522. The van der Waals surface area contributed by atoms with Crippen molar-refractivity contribution in [2.75, 3.05) is 6.61 Å². The Kier molecular flexibility index (Phi) is 5.57. The molecule has 0 aliphatic rings. The van der Waals surface area contributed by atoms with Gasteiger partial charge in [-0.1, -0.05) is 0 Å². The van der Waals surface area contributed by atoms with Gasteiger partial charge in [0.05, 0.1) is 0 Å². The van der Waals surface area contributed by atoms with Crippen LogP contribution in [0.4, 0.5) is 0 Å². The van der Waals surface area contributed by atoms with Crippen molar-refractivity contribution in [1.29, 1.82) is 0 Å². The van der Waals surface area contributed by atoms with E-state index in [0.717, 1.165) is 4.47 Å². The summed E-state index contributed by atoms with van der Waals surface area (Å²) in [4.78, 5) is 10.4. The second kappa shape index (κ2) is 5.40. The molecule has 8 heavy (non-hydrogen) atoms. The van der Waals surface area contributed by atoms with Crippen LogP contribution in [0.2, 0.25) is 4.47 Å². The quantitative estimate of drug-likeness (QED) is 0.513. The molecule has 0 radical (unpaired) electrons. The molecule has 0 saturated carbocycles. The summed E-state index contributed by atoms with van der Waals surface area (Å²) in [7, 11) is 0. The third kappa shape index (κ3) is 4.42. The van der Waals surface area contributed by atoms with Gasteiger partial charge >= 0.3 is 62.2 Å². The number of hydrogen-bond donors (Lipinski definition) is 0. The average molecular weight is 230 g/mol. The molecule has 0 aromatic rings. The minimum atomic E-state index is -0.0968. The Morgan fingerprint density at radius 2 is 2.38 bits per heavy atom. The van der Waals surface area contributed by atoms with Gasteiger partial charge < -0.3 is 0 Å². The fraction of sp³-hybridized carbons (Fsp3) is 0.800. The standard InChI is InChI=1S/C5H10O2Te/c1-2-5(6)7-3-4-8/h8H,2-4H2,1H3. The van der Waals surface area contributed by atoms with E-state index in [4.69, 9.17) is 4.74 Å². The molecule has 0 rings (SSSR count). The van der Waals surface area contributed by atoms with Gasteiger partial charge in [-0.3, -0.25) is 0 Å². The number of hydrogen-bond acceptors (Lipinski definition) is 2. The number of carbonyl (C=O) groups excluding carboxylic acids is 1. The molecule has 0 amide bonds. The predicted octanol–water partition coefficient (Wildman–Crippen LogP) is 0.259. The van der Waals surface area contributed by atoms with Crippen LogP contribution in [0.1, 0.15) is 13.3 Å². The summed E-state index contributed by atoms with van der Waals surface area (Å²) in [5, 5.41) is 0. The first-order valence-electron chi connectivity index (χ1n) is 2.57. The summed E-state index contributed by atoms with van der Waals surface area (Å²) in [5.74, 6) is -0.0968. The van der Waals surface area contributed by atoms with E-state index in [0.29, 0.717) is 13.0 Å². The van der Waals surface area contributed by atoms with Crippen molar-refractivity contribution in [2.24, 2.45) is 0 Å². The topological polar surface area (TPSA) is 26.3 Å². The van der Waals surface area contributed by atoms with Gasteiger partial charge in [0.1, 0.15) is 0 Å². The molecule has 0 aliphatic carbocycles. The van der Waals surface area contributed by atoms with E-state index in [1.165, 1.54) is 0 Å². The normalized spacial score (nSPS) is 8.75. The van der Waals surface area contributed by atoms with E-state index in [2.05, 4.69) is 0 Å². The van der Waals surface area contributed by atoms with Gasteiger partial charge in [0.15, 0.2) is 0 Å². The Hall–Kier alpha value is 0.260. The summed E-state index contributed by atoms with van der Waals surface area (Å²) in [5.41, 5.74) is 0. The molecule has 0 heterocycles. The van der Waals surface area contributed by atoms with Gasteiger partial charge in [-0.2, -0.15) is 0 Å². The van der Waals surface area contributed by atoms with Gasteiger partial charge in [-0.25, -0.2) is 0 Å². The monoisotopic (exact) mass is 232 g/mol. The van der Waals surface area contributed by atoms with E-state index in [-0.39, 0.29) is 5.97 Å². The van der Waals surface area contributed by atoms with E-state index < -0.39 is 0 Å². The fourth-order valence-electron chi connectivity index (χ4n) is 0.262. The first kappa shape index (κ1) is 8.26. The first-order chi connectivity index (χ1) is 3.81. The molecular formula is C5H10O2Te. The molecule has 0 unspecified atom stereocenters. The predicted molar refractivity (Wildman–Crippen MR) is 33.2 cm³/mol. The summed E-state index contributed by atoms with van der Waals surface area (Å²) in [6, 6.07) is 0. The molecule has 48 valence electrons. The maximum atomic E-state index is 10.4. The third-order valence-electron chi connectivity index (χ3n) is 0.643. The van der Waals surface area contributed by atoms with E-state index in [1.807, 2.05) is 0 Å². The summed E-state index contributed by atoms with van der Waals surface area (Å²) < 4.78 is 5.67. The molecule has 0 bridgehead atoms. The van der Waals surface area contributed by atoms with Crippen molar-refractivity contribution in [3.63, 3.8) is 0 Å². The maximum absolute atomic E-state index is 10.4. The third-order valence-corrected chi connectivity index (χ3v) is 1.16. The van der Waals surface area contributed by atoms with E-state index >= 15 is 0 Å². The van der Waals surface area contributed by atoms with Crippen LogP contribution in [-0.4, -0.2) is 34.9 Å². The summed E-state index contributed by atoms with van der Waals surface area (Å²) in [6.45, 7) is 2.38. The zero-order valence-corrected chi connectivity index (χ0v) is 7.44. The van der Waals surface area contributed by atoms with Crippen molar-refractivity contribution in [2.45, 2.75) is 17.8 Å². The Balaban J connectivity index is 2.99. The molecule has 0 atom stereocenters. The average Bonchev–Trinajstić information content (AvgIpc) is 1.83. The van der Waals surface area contributed by atoms with E-state index in [1.54, 1.807) is 29.2 Å². The zero-order chi connectivity index (χ0) is 6.41. The first-order valence-corrected chi connectivity index (χ1v) is 4.38. The zero-order valence-electron chi connectivity index (χ0n) is 4.89. The van der Waals surface area contributed by atoms with Crippen molar-refractivity contribution in [1.82, 2.24) is 0 Å². The van der Waals surface area contributed by atoms with Gasteiger partial charge in [-0.05, 0) is 0 Å². The van der Waals surface area contributed by atoms with Gasteiger partial charge in [0, 0.05) is 0 Å². The van der Waals surface area contributed by atoms with E-state index in [9.17, 15) is 4.79 Å². The van der Waals surface area contributed by atoms with Crippen LogP contribution in [0, 0.1) is 0 Å². The van der Waals surface area contributed by atoms with Crippen LogP contribution in [0.25, 0.3) is 0 Å². The van der Waals surface area contributed by atoms with Crippen LogP contribution in [0.15, 0.2) is 0 Å². The molecule has 0 aromatic carbocycles. The number of esters is 1. The van der Waals surface area contributed by atoms with Crippen LogP contribution in [0.3, 0.4) is 0 Å². The van der Waals surface area contributed by atoms with Crippen LogP contribution >= 0.6 is 0 Å². The SMILES string of the molecule is CCC(=O)OCC[TeH]. The number of ether oxygens (including phenoxy) is 1. The van der Waals surface area contributed by atoms with Crippen molar-refractivity contribution in [3.8, 4) is 0 Å². The molecule has 0 fully saturated rings. The Morgan fingerprint density at radius 1 is 1.75 bits per heavy atom. The number of rotatable bonds is 3. The van der Waals surface area contributed by atoms with Crippen LogP contribution in [-0.2, 0) is 9.53 Å². The molecule has 0 aromatic heterocycles. The molecular weight excluding hydrogens is 220 g/mol. The Morgan fingerprint density at radius 3 is 2.75 bits per heavy atom.